The van der Waals surface area contributed by atoms with Gasteiger partial charge in [0, 0.05) is 5.69 Å². The number of carbonyl (C=O) groups excluding carboxylic acids is 1. The molecule has 2 rings (SSSR count). The number of benzene rings is 1. The van der Waals surface area contributed by atoms with Crippen molar-refractivity contribution < 1.29 is 9.90 Å². The van der Waals surface area contributed by atoms with E-state index in [1.807, 2.05) is 6.92 Å². The number of urea groups is 1. The van der Waals surface area contributed by atoms with Gasteiger partial charge in [-0.1, -0.05) is 23.5 Å². The molecule has 1 aromatic carbocycles. The maximum atomic E-state index is 11.7. The van der Waals surface area contributed by atoms with Crippen molar-refractivity contribution in [2.24, 2.45) is 0 Å². The fraction of sp³-hybridized carbons (Fsp3) is 0.250. The molecule has 0 saturated heterocycles. The Morgan fingerprint density at radius 2 is 1.95 bits per heavy atom. The van der Waals surface area contributed by atoms with Crippen LogP contribution in [0, 0.1) is 6.92 Å². The van der Waals surface area contributed by atoms with Gasteiger partial charge in [-0.15, -0.1) is 10.2 Å². The lowest BCUT2D eigenvalue weighted by Gasteiger charge is -2.07. The Labute approximate surface area is 114 Å². The maximum absolute atomic E-state index is 11.7. The number of rotatable bonds is 3. The van der Waals surface area contributed by atoms with E-state index in [-0.39, 0.29) is 6.03 Å². The molecule has 1 aromatic heterocycles. The molecule has 0 fully saturated rings. The first-order valence-electron chi connectivity index (χ1n) is 5.71. The molecule has 2 amide bonds. The van der Waals surface area contributed by atoms with Crippen molar-refractivity contribution >= 4 is 28.2 Å². The number of anilines is 2. The highest BCUT2D eigenvalue weighted by atomic mass is 32.1. The van der Waals surface area contributed by atoms with Crippen molar-refractivity contribution in [2.75, 3.05) is 10.6 Å². The van der Waals surface area contributed by atoms with Gasteiger partial charge in [-0.25, -0.2) is 4.79 Å². The monoisotopic (exact) mass is 278 g/mol. The Bertz CT molecular complexity index is 565. The van der Waals surface area contributed by atoms with E-state index in [0.717, 1.165) is 10.6 Å². The highest BCUT2D eigenvalue weighted by molar-refractivity contribution is 7.15. The summed E-state index contributed by atoms with van der Waals surface area (Å²) >= 11 is 1.31. The van der Waals surface area contributed by atoms with Crippen molar-refractivity contribution in [1.29, 1.82) is 0 Å². The molecule has 3 N–H and O–H groups in total. The third kappa shape index (κ3) is 3.73. The number of hydrogen-bond donors (Lipinski definition) is 3. The zero-order valence-corrected chi connectivity index (χ0v) is 11.4. The number of aliphatic hydroxyl groups excluding tert-OH is 1. The van der Waals surface area contributed by atoms with E-state index in [1.54, 1.807) is 31.2 Å². The van der Waals surface area contributed by atoms with Crippen LogP contribution in [-0.4, -0.2) is 21.3 Å². The van der Waals surface area contributed by atoms with E-state index in [0.29, 0.717) is 10.8 Å². The second kappa shape index (κ2) is 5.77. The van der Waals surface area contributed by atoms with Crippen LogP contribution < -0.4 is 10.6 Å². The molecule has 0 aliphatic rings. The second-order valence-corrected chi connectivity index (χ2v) is 5.18. The molecule has 0 bridgehead atoms. The predicted molar refractivity (Wildman–Crippen MR) is 74.4 cm³/mol. The Hall–Kier alpha value is -1.99. The number of aryl methyl sites for hydroxylation is 1. The average Bonchev–Trinajstić information content (AvgIpc) is 2.75. The summed E-state index contributed by atoms with van der Waals surface area (Å²) in [6, 6.07) is 6.60. The van der Waals surface area contributed by atoms with E-state index < -0.39 is 6.10 Å². The number of nitrogens with zero attached hydrogens (tertiary/aromatic N) is 2. The molecule has 0 radical (unpaired) electrons. The Balaban J connectivity index is 1.95. The van der Waals surface area contributed by atoms with E-state index in [9.17, 15) is 9.90 Å². The molecule has 1 atom stereocenters. The van der Waals surface area contributed by atoms with E-state index in [1.165, 1.54) is 11.3 Å². The smallest absolute Gasteiger partial charge is 0.325 e. The first-order chi connectivity index (χ1) is 9.04. The summed E-state index contributed by atoms with van der Waals surface area (Å²) in [5.41, 5.74) is 1.44. The number of hydrogen-bond acceptors (Lipinski definition) is 5. The molecule has 0 aliphatic carbocycles. The molecule has 100 valence electrons. The molecule has 0 saturated carbocycles. The number of carbonyl (C=O) groups is 1. The lowest BCUT2D eigenvalue weighted by atomic mass is 10.1. The van der Waals surface area contributed by atoms with E-state index in [4.69, 9.17) is 0 Å². The summed E-state index contributed by atoms with van der Waals surface area (Å²) in [4.78, 5) is 11.7. The summed E-state index contributed by atoms with van der Waals surface area (Å²) in [5.74, 6) is 0. The first-order valence-corrected chi connectivity index (χ1v) is 6.52. The third-order valence-electron chi connectivity index (χ3n) is 2.40. The standard InChI is InChI=1S/C12H14N4O2S/c1-7(17)9-3-5-10(6-4-9)13-11(18)14-12-16-15-8(2)19-12/h3-7,17H,1-2H3,(H2,13,14,16,18). The molecular formula is C12H14N4O2S. The van der Waals surface area contributed by atoms with Crippen molar-refractivity contribution in [3.05, 3.63) is 34.8 Å². The van der Waals surface area contributed by atoms with Crippen LogP contribution in [0.25, 0.3) is 0 Å². The maximum Gasteiger partial charge on any atom is 0.325 e. The minimum absolute atomic E-state index is 0.374. The zero-order valence-electron chi connectivity index (χ0n) is 10.5. The summed E-state index contributed by atoms with van der Waals surface area (Å²) in [6.07, 6.45) is -0.521. The molecule has 2 aromatic rings. The number of aliphatic hydroxyl groups is 1. The number of aromatic nitrogens is 2. The van der Waals surface area contributed by atoms with Crippen LogP contribution in [0.4, 0.5) is 15.6 Å². The van der Waals surface area contributed by atoms with Gasteiger partial charge in [0.2, 0.25) is 5.13 Å². The highest BCUT2D eigenvalue weighted by Crippen LogP contribution is 2.17. The normalized spacial score (nSPS) is 11.9. The van der Waals surface area contributed by atoms with Crippen LogP contribution in [0.2, 0.25) is 0 Å². The molecule has 1 heterocycles. The van der Waals surface area contributed by atoms with Gasteiger partial charge in [-0.3, -0.25) is 5.32 Å². The van der Waals surface area contributed by atoms with Crippen LogP contribution in [0.15, 0.2) is 24.3 Å². The van der Waals surface area contributed by atoms with Gasteiger partial charge in [0.25, 0.3) is 0 Å². The number of nitrogens with one attached hydrogen (secondary N) is 2. The minimum atomic E-state index is -0.521. The third-order valence-corrected chi connectivity index (χ3v) is 3.15. The van der Waals surface area contributed by atoms with Gasteiger partial charge in [0.1, 0.15) is 5.01 Å². The van der Waals surface area contributed by atoms with Gasteiger partial charge in [-0.05, 0) is 31.5 Å². The van der Waals surface area contributed by atoms with Crippen LogP contribution in [-0.2, 0) is 0 Å². The molecular weight excluding hydrogens is 264 g/mol. The Kier molecular flexibility index (Phi) is 4.08. The van der Waals surface area contributed by atoms with Crippen molar-refractivity contribution in [1.82, 2.24) is 10.2 Å². The summed E-state index contributed by atoms with van der Waals surface area (Å²) in [7, 11) is 0. The van der Waals surface area contributed by atoms with Crippen molar-refractivity contribution in [2.45, 2.75) is 20.0 Å². The molecule has 1 unspecified atom stereocenters. The van der Waals surface area contributed by atoms with Gasteiger partial charge in [0.05, 0.1) is 6.10 Å². The molecule has 6 nitrogen and oxygen atoms in total. The van der Waals surface area contributed by atoms with Gasteiger partial charge < -0.3 is 10.4 Å². The van der Waals surface area contributed by atoms with Crippen molar-refractivity contribution in [3.63, 3.8) is 0 Å². The van der Waals surface area contributed by atoms with Crippen LogP contribution >= 0.6 is 11.3 Å². The zero-order chi connectivity index (χ0) is 13.8. The first kappa shape index (κ1) is 13.4. The quantitative estimate of drug-likeness (QED) is 0.805. The Morgan fingerprint density at radius 3 is 2.47 bits per heavy atom. The summed E-state index contributed by atoms with van der Waals surface area (Å²) in [5, 5.41) is 23.5. The Morgan fingerprint density at radius 1 is 1.26 bits per heavy atom. The second-order valence-electron chi connectivity index (χ2n) is 4.00. The topological polar surface area (TPSA) is 87.1 Å². The average molecular weight is 278 g/mol. The molecule has 0 spiro atoms. The van der Waals surface area contributed by atoms with Gasteiger partial charge in [-0.2, -0.15) is 0 Å². The fourth-order valence-corrected chi connectivity index (χ4v) is 2.04. The van der Waals surface area contributed by atoms with E-state index >= 15 is 0 Å². The molecule has 0 aliphatic heterocycles. The van der Waals surface area contributed by atoms with Crippen LogP contribution in [0.5, 0.6) is 0 Å². The molecule has 19 heavy (non-hydrogen) atoms. The summed E-state index contributed by atoms with van der Waals surface area (Å²) in [6.45, 7) is 3.50. The SMILES string of the molecule is Cc1nnc(NC(=O)Nc2ccc(C(C)O)cc2)s1. The minimum Gasteiger partial charge on any atom is -0.389 e. The predicted octanol–water partition coefficient (Wildman–Crippen LogP) is 2.54. The number of amides is 2. The largest absolute Gasteiger partial charge is 0.389 e. The van der Waals surface area contributed by atoms with Gasteiger partial charge >= 0.3 is 6.03 Å². The van der Waals surface area contributed by atoms with Crippen LogP contribution in [0.1, 0.15) is 23.6 Å². The molecule has 7 heteroatoms. The van der Waals surface area contributed by atoms with Crippen molar-refractivity contribution in [3.8, 4) is 0 Å². The van der Waals surface area contributed by atoms with Crippen LogP contribution in [0.3, 0.4) is 0 Å². The fourth-order valence-electron chi connectivity index (χ4n) is 1.45. The highest BCUT2D eigenvalue weighted by Gasteiger charge is 2.07. The van der Waals surface area contributed by atoms with E-state index in [2.05, 4.69) is 20.8 Å². The lowest BCUT2D eigenvalue weighted by molar-refractivity contribution is 0.199. The van der Waals surface area contributed by atoms with Gasteiger partial charge in [0.15, 0.2) is 0 Å². The summed E-state index contributed by atoms with van der Waals surface area (Å²) < 4.78 is 0. The lowest BCUT2D eigenvalue weighted by Crippen LogP contribution is -2.19.